The van der Waals surface area contributed by atoms with Crippen molar-refractivity contribution < 1.29 is 0 Å². The van der Waals surface area contributed by atoms with Crippen molar-refractivity contribution in [1.29, 1.82) is 0 Å². The van der Waals surface area contributed by atoms with Gasteiger partial charge in [0.1, 0.15) is 0 Å². The second-order valence-corrected chi connectivity index (χ2v) is 7.22. The summed E-state index contributed by atoms with van der Waals surface area (Å²) < 4.78 is 0. The van der Waals surface area contributed by atoms with Crippen molar-refractivity contribution >= 4 is 21.7 Å². The summed E-state index contributed by atoms with van der Waals surface area (Å²) in [5.74, 6) is 0.138. The van der Waals surface area contributed by atoms with Crippen LogP contribution in [0.25, 0.3) is 32.9 Å². The van der Waals surface area contributed by atoms with E-state index in [1.807, 2.05) is 0 Å². The van der Waals surface area contributed by atoms with Crippen LogP contribution in [-0.2, 0) is 0 Å². The molecule has 28 heavy (non-hydrogen) atoms. The van der Waals surface area contributed by atoms with Crippen LogP contribution in [-0.4, -0.2) is 11.5 Å². The minimum absolute atomic E-state index is 0.138. The molecule has 2 nitrogen and oxygen atoms in total. The van der Waals surface area contributed by atoms with Gasteiger partial charge in [0.05, 0.1) is 5.69 Å². The normalized spacial score (nSPS) is 12.5. The van der Waals surface area contributed by atoms with Crippen LogP contribution in [0.1, 0.15) is 17.0 Å². The van der Waals surface area contributed by atoms with Crippen LogP contribution in [0.5, 0.6) is 0 Å². The van der Waals surface area contributed by atoms with Crippen LogP contribution in [0, 0.1) is 0 Å². The maximum atomic E-state index is 6.31. The minimum Gasteiger partial charge on any atom is -0.354 e. The van der Waals surface area contributed by atoms with Crippen molar-refractivity contribution in [2.75, 3.05) is 6.54 Å². The van der Waals surface area contributed by atoms with Crippen molar-refractivity contribution in [3.05, 3.63) is 108 Å². The Balaban J connectivity index is 1.77. The summed E-state index contributed by atoms with van der Waals surface area (Å²) in [7, 11) is 0. The zero-order valence-electron chi connectivity index (χ0n) is 15.6. The van der Waals surface area contributed by atoms with E-state index in [9.17, 15) is 0 Å². The lowest BCUT2D eigenvalue weighted by Gasteiger charge is -2.18. The van der Waals surface area contributed by atoms with Gasteiger partial charge in [-0.15, -0.1) is 0 Å². The van der Waals surface area contributed by atoms with E-state index in [0.717, 1.165) is 11.2 Å². The van der Waals surface area contributed by atoms with Crippen molar-refractivity contribution in [2.45, 2.75) is 5.92 Å². The van der Waals surface area contributed by atoms with E-state index in [1.54, 1.807) is 0 Å². The fraction of sp³-hybridized carbons (Fsp3) is 0.0769. The summed E-state index contributed by atoms with van der Waals surface area (Å²) >= 11 is 0. The fourth-order valence-electron chi connectivity index (χ4n) is 4.20. The molecule has 1 heterocycles. The van der Waals surface area contributed by atoms with Crippen LogP contribution in [0.2, 0.25) is 0 Å². The van der Waals surface area contributed by atoms with Crippen LogP contribution >= 0.6 is 0 Å². The molecule has 0 aliphatic heterocycles. The van der Waals surface area contributed by atoms with Gasteiger partial charge in [-0.1, -0.05) is 84.9 Å². The average Bonchev–Trinajstić information content (AvgIpc) is 3.14. The highest BCUT2D eigenvalue weighted by Crippen LogP contribution is 2.39. The van der Waals surface area contributed by atoms with Crippen molar-refractivity contribution in [3.8, 4) is 11.3 Å². The molecular formula is C26H22N2. The molecule has 1 atom stereocenters. The minimum atomic E-state index is 0.138. The number of rotatable bonds is 4. The molecule has 5 aromatic rings. The molecule has 4 aromatic carbocycles. The monoisotopic (exact) mass is 362 g/mol. The molecule has 0 spiro atoms. The summed E-state index contributed by atoms with van der Waals surface area (Å²) in [6.45, 7) is 0.562. The average molecular weight is 362 g/mol. The van der Waals surface area contributed by atoms with Gasteiger partial charge in [-0.2, -0.15) is 0 Å². The van der Waals surface area contributed by atoms with Crippen LogP contribution in [0.15, 0.2) is 97.1 Å². The predicted molar refractivity (Wildman–Crippen MR) is 119 cm³/mol. The Morgan fingerprint density at radius 3 is 2.25 bits per heavy atom. The number of nitrogens with two attached hydrogens (primary N) is 1. The third kappa shape index (κ3) is 2.79. The number of benzene rings is 4. The molecule has 0 radical (unpaired) electrons. The summed E-state index contributed by atoms with van der Waals surface area (Å²) in [5, 5.41) is 3.74. The first-order valence-corrected chi connectivity index (χ1v) is 9.70. The largest absolute Gasteiger partial charge is 0.354 e. The number of para-hydroxylation sites is 1. The molecule has 3 N–H and O–H groups in total. The molecule has 0 saturated carbocycles. The van der Waals surface area contributed by atoms with Gasteiger partial charge in [-0.25, -0.2) is 0 Å². The Labute approximate surface area is 164 Å². The SMILES string of the molecule is NCC(c1ccccc1)c1c(-c2ccc3ccccc3c2)[nH]c2ccccc12. The van der Waals surface area contributed by atoms with Crippen molar-refractivity contribution in [3.63, 3.8) is 0 Å². The van der Waals surface area contributed by atoms with E-state index in [2.05, 4.69) is 102 Å². The summed E-state index contributed by atoms with van der Waals surface area (Å²) in [5.41, 5.74) is 12.3. The molecule has 0 aliphatic carbocycles. The van der Waals surface area contributed by atoms with Gasteiger partial charge in [-0.3, -0.25) is 0 Å². The quantitative estimate of drug-likeness (QED) is 0.400. The zero-order valence-corrected chi connectivity index (χ0v) is 15.6. The Morgan fingerprint density at radius 1 is 0.714 bits per heavy atom. The second kappa shape index (κ2) is 6.99. The number of aromatic nitrogens is 1. The lowest BCUT2D eigenvalue weighted by Crippen LogP contribution is -2.14. The van der Waals surface area contributed by atoms with Gasteiger partial charge in [0, 0.05) is 23.4 Å². The lowest BCUT2D eigenvalue weighted by atomic mass is 9.87. The Bertz CT molecular complexity index is 1250. The van der Waals surface area contributed by atoms with Gasteiger partial charge in [0.15, 0.2) is 0 Å². The van der Waals surface area contributed by atoms with Gasteiger partial charge >= 0.3 is 0 Å². The molecule has 0 saturated heterocycles. The first-order chi connectivity index (χ1) is 13.8. The molecule has 0 amide bonds. The first-order valence-electron chi connectivity index (χ1n) is 9.70. The van der Waals surface area contributed by atoms with E-state index in [1.165, 1.54) is 32.8 Å². The molecule has 2 heteroatoms. The smallest absolute Gasteiger partial charge is 0.0504 e. The van der Waals surface area contributed by atoms with E-state index in [-0.39, 0.29) is 5.92 Å². The molecule has 1 unspecified atom stereocenters. The molecule has 0 fully saturated rings. The number of aromatic amines is 1. The number of fused-ring (bicyclic) bond motifs is 2. The number of hydrogen-bond acceptors (Lipinski definition) is 1. The van der Waals surface area contributed by atoms with Crippen LogP contribution in [0.3, 0.4) is 0 Å². The molecule has 136 valence electrons. The topological polar surface area (TPSA) is 41.8 Å². The standard InChI is InChI=1S/C26H22N2/c27-17-23(19-9-2-1-3-10-19)25-22-12-6-7-13-24(22)28-26(25)21-15-14-18-8-4-5-11-20(18)16-21/h1-16,23,28H,17,27H2. The van der Waals surface area contributed by atoms with Crippen molar-refractivity contribution in [2.24, 2.45) is 5.73 Å². The van der Waals surface area contributed by atoms with E-state index < -0.39 is 0 Å². The first kappa shape index (κ1) is 16.8. The lowest BCUT2D eigenvalue weighted by molar-refractivity contribution is 0.827. The van der Waals surface area contributed by atoms with Crippen LogP contribution in [0.4, 0.5) is 0 Å². The number of hydrogen-bond donors (Lipinski definition) is 2. The highest BCUT2D eigenvalue weighted by molar-refractivity contribution is 5.94. The van der Waals surface area contributed by atoms with E-state index in [4.69, 9.17) is 5.73 Å². The predicted octanol–water partition coefficient (Wildman–Crippen LogP) is 6.08. The third-order valence-electron chi connectivity index (χ3n) is 5.57. The zero-order chi connectivity index (χ0) is 18.9. The van der Waals surface area contributed by atoms with Crippen molar-refractivity contribution in [1.82, 2.24) is 4.98 Å². The van der Waals surface area contributed by atoms with Gasteiger partial charge < -0.3 is 10.7 Å². The van der Waals surface area contributed by atoms with E-state index >= 15 is 0 Å². The molecule has 1 aromatic heterocycles. The Hall–Kier alpha value is -3.36. The highest BCUT2D eigenvalue weighted by atomic mass is 14.7. The Morgan fingerprint density at radius 2 is 1.43 bits per heavy atom. The Kier molecular flexibility index (Phi) is 4.19. The van der Waals surface area contributed by atoms with Crippen LogP contribution < -0.4 is 5.73 Å². The molecule has 5 rings (SSSR count). The fourth-order valence-corrected chi connectivity index (χ4v) is 4.20. The maximum absolute atomic E-state index is 6.31. The van der Waals surface area contributed by atoms with Gasteiger partial charge in [0.2, 0.25) is 0 Å². The molecule has 0 aliphatic rings. The summed E-state index contributed by atoms with van der Waals surface area (Å²) in [6, 6.07) is 34.2. The van der Waals surface area contributed by atoms with Gasteiger partial charge in [0.25, 0.3) is 0 Å². The second-order valence-electron chi connectivity index (χ2n) is 7.22. The third-order valence-corrected chi connectivity index (χ3v) is 5.57. The number of nitrogens with one attached hydrogen (secondary N) is 1. The highest BCUT2D eigenvalue weighted by Gasteiger charge is 2.22. The maximum Gasteiger partial charge on any atom is 0.0504 e. The number of H-pyrrole nitrogens is 1. The van der Waals surface area contributed by atoms with E-state index in [0.29, 0.717) is 6.54 Å². The molecular weight excluding hydrogens is 340 g/mol. The molecule has 0 bridgehead atoms. The summed E-state index contributed by atoms with van der Waals surface area (Å²) in [4.78, 5) is 3.67. The summed E-state index contributed by atoms with van der Waals surface area (Å²) in [6.07, 6.45) is 0. The van der Waals surface area contributed by atoms with Gasteiger partial charge in [-0.05, 0) is 39.6 Å².